The number of amides is 3. The van der Waals surface area contributed by atoms with Gasteiger partial charge in [0.15, 0.2) is 0 Å². The zero-order valence-electron chi connectivity index (χ0n) is 22.4. The van der Waals surface area contributed by atoms with E-state index >= 15 is 0 Å². The lowest BCUT2D eigenvalue weighted by Gasteiger charge is -2.34. The molecule has 0 heterocycles. The number of hydrogen-bond donors (Lipinski definition) is 2. The number of ether oxygens (including phenoxy) is 1. The van der Waals surface area contributed by atoms with Crippen molar-refractivity contribution in [3.63, 3.8) is 0 Å². The minimum Gasteiger partial charge on any atom is -0.444 e. The van der Waals surface area contributed by atoms with Gasteiger partial charge >= 0.3 is 6.09 Å². The maximum atomic E-state index is 13.8. The average Bonchev–Trinajstić information content (AvgIpc) is 2.86. The van der Waals surface area contributed by atoms with E-state index in [1.165, 1.54) is 4.90 Å². The first-order valence-corrected chi connectivity index (χ1v) is 12.5. The summed E-state index contributed by atoms with van der Waals surface area (Å²) in [6.45, 7) is 8.37. The summed E-state index contributed by atoms with van der Waals surface area (Å²) < 4.78 is 5.35. The third-order valence-electron chi connectivity index (χ3n) is 5.82. The van der Waals surface area contributed by atoms with Gasteiger partial charge in [0.25, 0.3) is 5.91 Å². The van der Waals surface area contributed by atoms with E-state index in [4.69, 9.17) is 4.74 Å². The molecule has 2 unspecified atom stereocenters. The molecule has 0 aromatic heterocycles. The standard InChI is InChI=1S/C30H34N4O4/c1-20(2)25(33-29(37)38-30(3,4)5)28(36)34(18-17-31)26(22-12-7-6-8-13-22)27(35)32-24-16-15-21-11-9-10-14-23(21)19-24/h6-16,19-20,25-26H,18H2,1-5H3,(H,32,35)(H,33,37). The zero-order valence-corrected chi connectivity index (χ0v) is 22.4. The van der Waals surface area contributed by atoms with Crippen molar-refractivity contribution in [3.05, 3.63) is 78.4 Å². The number of hydrogen-bond acceptors (Lipinski definition) is 5. The van der Waals surface area contributed by atoms with Gasteiger partial charge in [-0.2, -0.15) is 5.26 Å². The second-order valence-corrected chi connectivity index (χ2v) is 10.4. The number of fused-ring (bicyclic) bond motifs is 1. The molecular weight excluding hydrogens is 480 g/mol. The lowest BCUT2D eigenvalue weighted by Crippen LogP contribution is -2.54. The smallest absolute Gasteiger partial charge is 0.408 e. The van der Waals surface area contributed by atoms with Crippen LogP contribution in [-0.4, -0.2) is 41.0 Å². The van der Waals surface area contributed by atoms with Gasteiger partial charge in [0.1, 0.15) is 24.2 Å². The highest BCUT2D eigenvalue weighted by Crippen LogP contribution is 2.26. The predicted molar refractivity (Wildman–Crippen MR) is 147 cm³/mol. The van der Waals surface area contributed by atoms with Crippen molar-refractivity contribution in [2.75, 3.05) is 11.9 Å². The topological polar surface area (TPSA) is 112 Å². The van der Waals surface area contributed by atoms with E-state index in [2.05, 4.69) is 10.6 Å². The molecule has 0 radical (unpaired) electrons. The molecule has 3 rings (SSSR count). The molecule has 38 heavy (non-hydrogen) atoms. The molecule has 2 atom stereocenters. The molecule has 0 bridgehead atoms. The molecule has 0 saturated heterocycles. The Kier molecular flexibility index (Phi) is 9.08. The Balaban J connectivity index is 1.96. The number of benzene rings is 3. The van der Waals surface area contributed by atoms with Crippen LogP contribution < -0.4 is 10.6 Å². The van der Waals surface area contributed by atoms with E-state index in [1.54, 1.807) is 71.0 Å². The summed E-state index contributed by atoms with van der Waals surface area (Å²) in [5, 5.41) is 17.2. The first kappa shape index (κ1) is 28.2. The van der Waals surface area contributed by atoms with Crippen LogP contribution in [0.15, 0.2) is 72.8 Å². The van der Waals surface area contributed by atoms with Crippen molar-refractivity contribution in [2.45, 2.75) is 52.3 Å². The monoisotopic (exact) mass is 514 g/mol. The van der Waals surface area contributed by atoms with Crippen LogP contribution in [0.3, 0.4) is 0 Å². The summed E-state index contributed by atoms with van der Waals surface area (Å²) in [4.78, 5) is 41.3. The molecule has 2 N–H and O–H groups in total. The van der Waals surface area contributed by atoms with Gasteiger partial charge in [0.2, 0.25) is 5.91 Å². The largest absolute Gasteiger partial charge is 0.444 e. The van der Waals surface area contributed by atoms with Crippen molar-refractivity contribution < 1.29 is 19.1 Å². The van der Waals surface area contributed by atoms with Crippen LogP contribution in [0.4, 0.5) is 10.5 Å². The minimum absolute atomic E-state index is 0.337. The first-order chi connectivity index (χ1) is 18.0. The van der Waals surface area contributed by atoms with Crippen LogP contribution in [0, 0.1) is 17.2 Å². The summed E-state index contributed by atoms with van der Waals surface area (Å²) in [5.74, 6) is -1.37. The highest BCUT2D eigenvalue weighted by molar-refractivity contribution is 6.00. The normalized spacial score (nSPS) is 12.8. The minimum atomic E-state index is -1.11. The molecule has 198 valence electrons. The molecule has 8 heteroatoms. The first-order valence-electron chi connectivity index (χ1n) is 12.5. The fraction of sp³-hybridized carbons (Fsp3) is 0.333. The van der Waals surface area contributed by atoms with Gasteiger partial charge < -0.3 is 20.3 Å². The molecule has 0 fully saturated rings. The van der Waals surface area contributed by atoms with Crippen molar-refractivity contribution in [3.8, 4) is 6.07 Å². The van der Waals surface area contributed by atoms with Crippen molar-refractivity contribution in [1.29, 1.82) is 5.26 Å². The SMILES string of the molecule is CC(C)C(NC(=O)OC(C)(C)C)C(=O)N(CC#N)C(C(=O)Nc1ccc2ccccc2c1)c1ccccc1. The molecule has 0 aliphatic rings. The summed E-state index contributed by atoms with van der Waals surface area (Å²) >= 11 is 0. The molecule has 8 nitrogen and oxygen atoms in total. The number of rotatable bonds is 8. The van der Waals surface area contributed by atoms with Crippen LogP contribution in [0.25, 0.3) is 10.8 Å². The molecule has 0 aliphatic heterocycles. The Morgan fingerprint density at radius 3 is 2.18 bits per heavy atom. The third-order valence-corrected chi connectivity index (χ3v) is 5.82. The Hall–Kier alpha value is -4.38. The van der Waals surface area contributed by atoms with E-state index in [1.807, 2.05) is 42.5 Å². The van der Waals surface area contributed by atoms with Crippen molar-refractivity contribution in [2.24, 2.45) is 5.92 Å². The van der Waals surface area contributed by atoms with Gasteiger partial charge in [0.05, 0.1) is 6.07 Å². The van der Waals surface area contributed by atoms with Crippen LogP contribution in [0.5, 0.6) is 0 Å². The van der Waals surface area contributed by atoms with E-state index in [0.717, 1.165) is 10.8 Å². The summed E-state index contributed by atoms with van der Waals surface area (Å²) in [6.07, 6.45) is -0.752. The Morgan fingerprint density at radius 1 is 0.947 bits per heavy atom. The number of anilines is 1. The fourth-order valence-corrected chi connectivity index (χ4v) is 4.09. The Morgan fingerprint density at radius 2 is 1.58 bits per heavy atom. The molecule has 0 aliphatic carbocycles. The van der Waals surface area contributed by atoms with Gasteiger partial charge in [-0.15, -0.1) is 0 Å². The van der Waals surface area contributed by atoms with E-state index < -0.39 is 35.6 Å². The van der Waals surface area contributed by atoms with Gasteiger partial charge in [0, 0.05) is 5.69 Å². The Labute approximate surface area is 223 Å². The van der Waals surface area contributed by atoms with Crippen molar-refractivity contribution in [1.82, 2.24) is 10.2 Å². The second-order valence-electron chi connectivity index (χ2n) is 10.4. The number of nitriles is 1. The fourth-order valence-electron chi connectivity index (χ4n) is 4.09. The highest BCUT2D eigenvalue weighted by atomic mass is 16.6. The van der Waals surface area contributed by atoms with Crippen LogP contribution in [0.1, 0.15) is 46.2 Å². The van der Waals surface area contributed by atoms with Crippen molar-refractivity contribution >= 4 is 34.4 Å². The molecule has 0 spiro atoms. The summed E-state index contributed by atoms with van der Waals surface area (Å²) in [6, 6.07) is 22.0. The second kappa shape index (κ2) is 12.2. The molecule has 3 amide bonds. The van der Waals surface area contributed by atoms with E-state index in [9.17, 15) is 19.6 Å². The van der Waals surface area contributed by atoms with Crippen LogP contribution >= 0.6 is 0 Å². The number of carbonyl (C=O) groups is 3. The maximum absolute atomic E-state index is 13.8. The summed E-state index contributed by atoms with van der Waals surface area (Å²) in [7, 11) is 0. The van der Waals surface area contributed by atoms with Gasteiger partial charge in [-0.25, -0.2) is 4.79 Å². The van der Waals surface area contributed by atoms with Crippen LogP contribution in [0.2, 0.25) is 0 Å². The lowest BCUT2D eigenvalue weighted by molar-refractivity contribution is -0.140. The number of nitrogens with one attached hydrogen (secondary N) is 2. The number of carbonyl (C=O) groups excluding carboxylic acids is 3. The maximum Gasteiger partial charge on any atom is 0.408 e. The van der Waals surface area contributed by atoms with Gasteiger partial charge in [-0.1, -0.05) is 74.5 Å². The van der Waals surface area contributed by atoms with Gasteiger partial charge in [-0.05, 0) is 55.2 Å². The summed E-state index contributed by atoms with van der Waals surface area (Å²) in [5.41, 5.74) is 0.341. The molecular formula is C30H34N4O4. The Bertz CT molecular complexity index is 1330. The molecule has 3 aromatic rings. The molecule has 0 saturated carbocycles. The van der Waals surface area contributed by atoms with E-state index in [0.29, 0.717) is 11.3 Å². The average molecular weight is 515 g/mol. The number of alkyl carbamates (subject to hydrolysis) is 1. The van der Waals surface area contributed by atoms with Gasteiger partial charge in [-0.3, -0.25) is 9.59 Å². The number of nitrogens with zero attached hydrogens (tertiary/aromatic N) is 2. The quantitative estimate of drug-likeness (QED) is 0.390. The van der Waals surface area contributed by atoms with E-state index in [-0.39, 0.29) is 12.5 Å². The predicted octanol–water partition coefficient (Wildman–Crippen LogP) is 5.42. The lowest BCUT2D eigenvalue weighted by atomic mass is 9.99. The third kappa shape index (κ3) is 7.32. The molecule has 3 aromatic carbocycles. The zero-order chi connectivity index (χ0) is 27.9. The van der Waals surface area contributed by atoms with Crippen LogP contribution in [-0.2, 0) is 14.3 Å². The highest BCUT2D eigenvalue weighted by Gasteiger charge is 2.37.